The second kappa shape index (κ2) is 15.9. The number of ether oxygens (including phenoxy) is 2. The lowest BCUT2D eigenvalue weighted by Gasteiger charge is -2.53. The van der Waals surface area contributed by atoms with Gasteiger partial charge in [-0.15, -0.1) is 0 Å². The lowest BCUT2D eigenvalue weighted by atomic mass is 9.51. The smallest absolute Gasteiger partial charge is 0.407 e. The molecular formula is C40H54N8O8. The number of H-pyrrole nitrogens is 2. The van der Waals surface area contributed by atoms with Gasteiger partial charge >= 0.3 is 12.2 Å². The number of fused-ring (bicyclic) bond motifs is 3. The predicted molar refractivity (Wildman–Crippen MR) is 203 cm³/mol. The zero-order valence-electron chi connectivity index (χ0n) is 32.5. The number of amides is 4. The zero-order chi connectivity index (χ0) is 39.8. The van der Waals surface area contributed by atoms with Crippen LogP contribution in [0.25, 0.3) is 11.3 Å². The van der Waals surface area contributed by atoms with Gasteiger partial charge in [-0.05, 0) is 94.6 Å². The molecule has 5 fully saturated rings. The third kappa shape index (κ3) is 7.36. The number of aliphatic hydroxyl groups is 2. The first-order valence-electron chi connectivity index (χ1n) is 19.8. The molecule has 16 nitrogen and oxygen atoms in total. The highest BCUT2D eigenvalue weighted by atomic mass is 16.5. The Morgan fingerprint density at radius 2 is 1.20 bits per heavy atom. The van der Waals surface area contributed by atoms with Crippen molar-refractivity contribution in [3.63, 3.8) is 0 Å². The van der Waals surface area contributed by atoms with Crippen LogP contribution in [-0.2, 0) is 29.9 Å². The van der Waals surface area contributed by atoms with Gasteiger partial charge in [0.2, 0.25) is 11.8 Å². The van der Waals surface area contributed by atoms with E-state index >= 15 is 0 Å². The molecule has 3 aromatic rings. The average Bonchev–Trinajstić information content (AvgIpc) is 4.06. The van der Waals surface area contributed by atoms with E-state index in [0.29, 0.717) is 25.3 Å². The SMILES string of the molecule is COC(=O)NC(C(=O)N1CCCC1c1ncc(-c2ccc(C34CCC(c5cnc(C6CCCN6C(=O)C(NC(=O)OC)C(C)O)[nH]5)(CC3)CC4)cc2)[nH]1)C(C)O. The molecule has 2 aliphatic heterocycles. The number of imidazole rings is 2. The number of methoxy groups -OCH3 is 2. The second-order valence-electron chi connectivity index (χ2n) is 16.1. The highest BCUT2D eigenvalue weighted by Gasteiger charge is 2.51. The van der Waals surface area contributed by atoms with Gasteiger partial charge in [-0.2, -0.15) is 0 Å². The molecular weight excluding hydrogens is 720 g/mol. The van der Waals surface area contributed by atoms with Crippen LogP contribution in [0, 0.1) is 0 Å². The molecule has 5 aliphatic rings. The maximum absolute atomic E-state index is 13.5. The van der Waals surface area contributed by atoms with E-state index in [1.54, 1.807) is 16.0 Å². The Balaban J connectivity index is 0.994. The number of nitrogens with one attached hydrogen (secondary N) is 4. The number of likely N-dealkylation sites (tertiary alicyclic amines) is 2. The maximum Gasteiger partial charge on any atom is 0.407 e. The molecule has 6 unspecified atom stereocenters. The van der Waals surface area contributed by atoms with Crippen LogP contribution in [0.2, 0.25) is 0 Å². The Labute approximate surface area is 326 Å². The molecule has 16 heteroatoms. The second-order valence-corrected chi connectivity index (χ2v) is 16.1. The van der Waals surface area contributed by atoms with Crippen molar-refractivity contribution in [3.05, 3.63) is 59.6 Å². The summed E-state index contributed by atoms with van der Waals surface area (Å²) in [7, 11) is 2.44. The Kier molecular flexibility index (Phi) is 11.1. The summed E-state index contributed by atoms with van der Waals surface area (Å²) in [6.45, 7) is 3.95. The first-order valence-corrected chi connectivity index (χ1v) is 19.8. The van der Waals surface area contributed by atoms with Crippen LogP contribution in [0.3, 0.4) is 0 Å². The first-order chi connectivity index (χ1) is 26.9. The van der Waals surface area contributed by atoms with E-state index in [9.17, 15) is 29.4 Å². The van der Waals surface area contributed by atoms with Crippen molar-refractivity contribution in [2.75, 3.05) is 27.3 Å². The number of benzene rings is 1. The number of hydrogen-bond acceptors (Lipinski definition) is 10. The van der Waals surface area contributed by atoms with E-state index in [2.05, 4.69) is 59.3 Å². The number of aromatic nitrogens is 4. The molecule has 4 amide bonds. The van der Waals surface area contributed by atoms with Crippen LogP contribution in [-0.4, -0.2) is 116 Å². The molecule has 6 N–H and O–H groups in total. The molecule has 3 saturated carbocycles. The normalized spacial score (nSPS) is 26.7. The molecule has 1 aromatic carbocycles. The van der Waals surface area contributed by atoms with Gasteiger partial charge in [0.15, 0.2) is 0 Å². The summed E-state index contributed by atoms with van der Waals surface area (Å²) in [5.41, 5.74) is 4.41. The number of nitrogens with zero attached hydrogens (tertiary/aromatic N) is 4. The Morgan fingerprint density at radius 3 is 1.68 bits per heavy atom. The molecule has 2 saturated heterocycles. The molecule has 2 bridgehead atoms. The van der Waals surface area contributed by atoms with Gasteiger partial charge in [-0.25, -0.2) is 19.6 Å². The molecule has 4 heterocycles. The van der Waals surface area contributed by atoms with Crippen molar-refractivity contribution >= 4 is 24.0 Å². The highest BCUT2D eigenvalue weighted by Crippen LogP contribution is 2.58. The van der Waals surface area contributed by atoms with Crippen molar-refractivity contribution in [3.8, 4) is 11.3 Å². The van der Waals surface area contributed by atoms with Crippen LogP contribution in [0.1, 0.15) is 113 Å². The lowest BCUT2D eigenvalue weighted by molar-refractivity contribution is -0.137. The quantitative estimate of drug-likeness (QED) is 0.165. The van der Waals surface area contributed by atoms with Gasteiger partial charge in [0.05, 0.1) is 50.4 Å². The number of aromatic amines is 2. The maximum atomic E-state index is 13.5. The summed E-state index contributed by atoms with van der Waals surface area (Å²) in [5.74, 6) is 0.681. The highest BCUT2D eigenvalue weighted by molar-refractivity contribution is 5.87. The number of alkyl carbamates (subject to hydrolysis) is 2. The molecule has 0 radical (unpaired) electrons. The van der Waals surface area contributed by atoms with E-state index in [1.807, 2.05) is 6.20 Å². The fourth-order valence-electron chi connectivity index (χ4n) is 9.59. The van der Waals surface area contributed by atoms with Gasteiger partial charge in [-0.1, -0.05) is 24.3 Å². The van der Waals surface area contributed by atoms with Crippen LogP contribution in [0.5, 0.6) is 0 Å². The summed E-state index contributed by atoms with van der Waals surface area (Å²) in [4.78, 5) is 70.6. The van der Waals surface area contributed by atoms with Crippen molar-refractivity contribution in [2.45, 2.75) is 125 Å². The number of aliphatic hydroxyl groups excluding tert-OH is 2. The molecule has 6 atom stereocenters. The third-order valence-electron chi connectivity index (χ3n) is 12.9. The summed E-state index contributed by atoms with van der Waals surface area (Å²) in [6, 6.07) is 5.95. The van der Waals surface area contributed by atoms with Crippen molar-refractivity contribution in [2.24, 2.45) is 0 Å². The summed E-state index contributed by atoms with van der Waals surface area (Å²) in [5, 5.41) is 25.5. The van der Waals surface area contributed by atoms with E-state index in [4.69, 9.17) is 4.98 Å². The first kappa shape index (κ1) is 39.3. The average molecular weight is 775 g/mol. The standard InChI is InChI=1S/C40H54N8O8/c1-23(49)31(45-37(53)55-3)35(51)47-19-5-7-28(47)33-41-21-27(43-33)25-9-11-26(12-10-25)39-13-16-40(17-14-39,18-15-39)30-22-42-34(44-30)29-8-6-20-48(29)36(52)32(24(2)50)46-38(54)56-4/h9-12,21-24,28-29,31-32,49-50H,5-8,13-20H2,1-4H3,(H,41,43)(H,42,44)(H,45,53)(H,46,54). The minimum Gasteiger partial charge on any atom is -0.453 e. The molecule has 302 valence electrons. The lowest BCUT2D eigenvalue weighted by Crippen LogP contribution is -2.53. The van der Waals surface area contributed by atoms with Crippen LogP contribution < -0.4 is 10.6 Å². The van der Waals surface area contributed by atoms with Crippen LogP contribution >= 0.6 is 0 Å². The van der Waals surface area contributed by atoms with E-state index in [0.717, 1.165) is 80.6 Å². The van der Waals surface area contributed by atoms with Crippen molar-refractivity contribution in [1.82, 2.24) is 40.4 Å². The molecule has 3 aliphatic carbocycles. The van der Waals surface area contributed by atoms with Crippen LogP contribution in [0.15, 0.2) is 36.7 Å². The van der Waals surface area contributed by atoms with Gasteiger partial charge < -0.3 is 50.1 Å². The van der Waals surface area contributed by atoms with Gasteiger partial charge in [0.1, 0.15) is 23.7 Å². The Bertz CT molecular complexity index is 1880. The third-order valence-corrected chi connectivity index (χ3v) is 12.9. The zero-order valence-corrected chi connectivity index (χ0v) is 32.5. The van der Waals surface area contributed by atoms with Gasteiger partial charge in [-0.3, -0.25) is 9.59 Å². The number of rotatable bonds is 11. The Morgan fingerprint density at radius 1 is 0.732 bits per heavy atom. The fraction of sp³-hybridized carbons (Fsp3) is 0.600. The van der Waals surface area contributed by atoms with E-state index in [-0.39, 0.29) is 34.7 Å². The molecule has 2 aromatic heterocycles. The number of hydrogen-bond donors (Lipinski definition) is 6. The summed E-state index contributed by atoms with van der Waals surface area (Å²) < 4.78 is 9.34. The summed E-state index contributed by atoms with van der Waals surface area (Å²) in [6.07, 6.45) is 9.31. The summed E-state index contributed by atoms with van der Waals surface area (Å²) >= 11 is 0. The van der Waals surface area contributed by atoms with Gasteiger partial charge in [0, 0.05) is 30.4 Å². The van der Waals surface area contributed by atoms with Gasteiger partial charge in [0.25, 0.3) is 0 Å². The molecule has 8 rings (SSSR count). The van der Waals surface area contributed by atoms with Crippen molar-refractivity contribution in [1.29, 1.82) is 0 Å². The molecule has 0 spiro atoms. The van der Waals surface area contributed by atoms with Crippen molar-refractivity contribution < 1.29 is 38.9 Å². The fourth-order valence-corrected chi connectivity index (χ4v) is 9.59. The minimum absolute atomic E-state index is 0.00139. The topological polar surface area (TPSA) is 215 Å². The largest absolute Gasteiger partial charge is 0.453 e. The van der Waals surface area contributed by atoms with Crippen LogP contribution in [0.4, 0.5) is 9.59 Å². The van der Waals surface area contributed by atoms with E-state index in [1.165, 1.54) is 33.6 Å². The number of carbonyl (C=O) groups is 4. The predicted octanol–water partition coefficient (Wildman–Crippen LogP) is 3.88. The monoisotopic (exact) mass is 774 g/mol. The van der Waals surface area contributed by atoms with E-state index < -0.39 is 36.5 Å². The Hall–Kier alpha value is -4.96. The molecule has 56 heavy (non-hydrogen) atoms. The minimum atomic E-state index is -1.12. The number of carbonyl (C=O) groups excluding carboxylic acids is 4.